The van der Waals surface area contributed by atoms with Gasteiger partial charge in [-0.1, -0.05) is 6.42 Å². The summed E-state index contributed by atoms with van der Waals surface area (Å²) in [6.07, 6.45) is 5.10. The van der Waals surface area contributed by atoms with Crippen LogP contribution in [0, 0.1) is 5.92 Å². The Kier molecular flexibility index (Phi) is 3.90. The summed E-state index contributed by atoms with van der Waals surface area (Å²) in [5.41, 5.74) is 5.78. The molecular formula is C12H20N2OS. The molecule has 0 aromatic heterocycles. The number of hydrogen-bond donors (Lipinski definition) is 1. The number of aliphatic imine (C=N–C) groups is 1. The molecule has 3 atom stereocenters. The summed E-state index contributed by atoms with van der Waals surface area (Å²) in [5, 5.41) is 0.651. The molecule has 0 radical (unpaired) electrons. The highest BCUT2D eigenvalue weighted by molar-refractivity contribution is 8.00. The number of Topliss-reactive ketones (excluding diaryl/α,β-unsaturated/α-hetero) is 1. The fourth-order valence-electron chi connectivity index (χ4n) is 2.60. The van der Waals surface area contributed by atoms with Gasteiger partial charge in [-0.05, 0) is 31.4 Å². The van der Waals surface area contributed by atoms with E-state index in [0.717, 1.165) is 31.5 Å². The minimum atomic E-state index is 0.306. The van der Waals surface area contributed by atoms with E-state index in [0.29, 0.717) is 23.0 Å². The monoisotopic (exact) mass is 240 g/mol. The zero-order valence-corrected chi connectivity index (χ0v) is 10.6. The average Bonchev–Trinajstić information content (AvgIpc) is 2.72. The van der Waals surface area contributed by atoms with E-state index in [1.165, 1.54) is 12.2 Å². The Hall–Kier alpha value is -0.510. The van der Waals surface area contributed by atoms with Crippen LogP contribution in [0.5, 0.6) is 0 Å². The lowest BCUT2D eigenvalue weighted by atomic mass is 9.96. The molecule has 16 heavy (non-hydrogen) atoms. The lowest BCUT2D eigenvalue weighted by Crippen LogP contribution is -2.19. The molecule has 3 nitrogen and oxygen atoms in total. The maximum atomic E-state index is 10.8. The molecule has 3 unspecified atom stereocenters. The quantitative estimate of drug-likeness (QED) is 0.748. The average molecular weight is 240 g/mol. The van der Waals surface area contributed by atoms with E-state index < -0.39 is 0 Å². The van der Waals surface area contributed by atoms with Crippen LogP contribution in [0.3, 0.4) is 0 Å². The predicted molar refractivity (Wildman–Crippen MR) is 68.9 cm³/mol. The molecule has 2 rings (SSSR count). The maximum Gasteiger partial charge on any atom is 0.129 e. The van der Waals surface area contributed by atoms with E-state index in [1.807, 2.05) is 11.8 Å². The van der Waals surface area contributed by atoms with E-state index in [-0.39, 0.29) is 0 Å². The fourth-order valence-corrected chi connectivity index (χ4v) is 4.23. The minimum absolute atomic E-state index is 0.306. The second-order valence-electron chi connectivity index (χ2n) is 4.89. The number of thioether (sulfide) groups is 1. The molecule has 90 valence electrons. The zero-order valence-electron chi connectivity index (χ0n) is 9.82. The molecule has 2 aliphatic rings. The summed E-state index contributed by atoms with van der Waals surface area (Å²) in [4.78, 5) is 15.4. The molecule has 0 aromatic rings. The van der Waals surface area contributed by atoms with Crippen molar-refractivity contribution in [2.24, 2.45) is 16.6 Å². The van der Waals surface area contributed by atoms with Gasteiger partial charge in [-0.15, -0.1) is 0 Å². The van der Waals surface area contributed by atoms with Crippen LogP contribution in [0.25, 0.3) is 0 Å². The van der Waals surface area contributed by atoms with Crippen molar-refractivity contribution in [2.75, 3.05) is 5.75 Å². The lowest BCUT2D eigenvalue weighted by Gasteiger charge is -2.14. The van der Waals surface area contributed by atoms with E-state index in [1.54, 1.807) is 6.92 Å². The summed E-state index contributed by atoms with van der Waals surface area (Å²) in [6.45, 7) is 1.67. The maximum absolute atomic E-state index is 10.8. The molecule has 0 saturated carbocycles. The van der Waals surface area contributed by atoms with Gasteiger partial charge < -0.3 is 10.5 Å². The molecular weight excluding hydrogens is 220 g/mol. The largest absolute Gasteiger partial charge is 0.387 e. The van der Waals surface area contributed by atoms with Crippen molar-refractivity contribution in [1.82, 2.24) is 0 Å². The van der Waals surface area contributed by atoms with Gasteiger partial charge in [0.15, 0.2) is 0 Å². The van der Waals surface area contributed by atoms with Crippen molar-refractivity contribution >= 4 is 23.4 Å². The standard InChI is InChI=1S/C12H20N2OS/c1-8(15)4-2-3-5-10-12-9(7-16-10)6-11(13)14-12/h9-10,12H,2-7H2,1H3,(H2,13,14). The number of hydrogen-bond acceptors (Lipinski definition) is 4. The topological polar surface area (TPSA) is 55.5 Å². The van der Waals surface area contributed by atoms with Crippen LogP contribution in [0.4, 0.5) is 0 Å². The van der Waals surface area contributed by atoms with E-state index in [2.05, 4.69) is 4.99 Å². The molecule has 1 saturated heterocycles. The Labute approximate surface area is 101 Å². The number of nitrogens with two attached hydrogens (primary N) is 1. The summed E-state index contributed by atoms with van der Waals surface area (Å²) in [7, 11) is 0. The first-order valence-corrected chi connectivity index (χ1v) is 7.15. The number of rotatable bonds is 5. The van der Waals surface area contributed by atoms with Gasteiger partial charge in [0.2, 0.25) is 0 Å². The van der Waals surface area contributed by atoms with Crippen LogP contribution >= 0.6 is 11.8 Å². The minimum Gasteiger partial charge on any atom is -0.387 e. The molecule has 0 spiro atoms. The molecule has 2 N–H and O–H groups in total. The van der Waals surface area contributed by atoms with Gasteiger partial charge in [0.25, 0.3) is 0 Å². The van der Waals surface area contributed by atoms with Gasteiger partial charge in [0, 0.05) is 18.1 Å². The van der Waals surface area contributed by atoms with Crippen LogP contribution < -0.4 is 5.73 Å². The molecule has 0 aromatic carbocycles. The van der Waals surface area contributed by atoms with Crippen molar-refractivity contribution in [1.29, 1.82) is 0 Å². The Bertz CT molecular complexity index is 303. The highest BCUT2D eigenvalue weighted by Gasteiger charge is 2.39. The van der Waals surface area contributed by atoms with Crippen molar-refractivity contribution in [2.45, 2.75) is 50.3 Å². The Morgan fingerprint density at radius 2 is 2.38 bits per heavy atom. The lowest BCUT2D eigenvalue weighted by molar-refractivity contribution is -0.117. The second-order valence-corrected chi connectivity index (χ2v) is 6.17. The summed E-state index contributed by atoms with van der Waals surface area (Å²) < 4.78 is 0. The first kappa shape index (κ1) is 12.0. The molecule has 4 heteroatoms. The SMILES string of the molecule is CC(=O)CCCCC1SCC2CC(N)=NC21. The number of fused-ring (bicyclic) bond motifs is 1. The summed E-state index contributed by atoms with van der Waals surface area (Å²) >= 11 is 2.05. The third-order valence-electron chi connectivity index (χ3n) is 3.44. The molecule has 0 aliphatic carbocycles. The second kappa shape index (κ2) is 5.21. The number of unbranched alkanes of at least 4 members (excludes halogenated alkanes) is 1. The Morgan fingerprint density at radius 1 is 1.56 bits per heavy atom. The smallest absolute Gasteiger partial charge is 0.129 e. The number of amidine groups is 1. The molecule has 2 heterocycles. The highest BCUT2D eigenvalue weighted by Crippen LogP contribution is 2.41. The Balaban J connectivity index is 1.72. The summed E-state index contributed by atoms with van der Waals surface area (Å²) in [6, 6.07) is 0.474. The number of ketones is 1. The van der Waals surface area contributed by atoms with E-state index in [4.69, 9.17) is 5.73 Å². The molecule has 0 amide bonds. The van der Waals surface area contributed by atoms with Crippen molar-refractivity contribution in [3.63, 3.8) is 0 Å². The van der Waals surface area contributed by atoms with Crippen molar-refractivity contribution < 1.29 is 4.79 Å². The Morgan fingerprint density at radius 3 is 3.12 bits per heavy atom. The third-order valence-corrected chi connectivity index (χ3v) is 5.01. The number of nitrogens with zero attached hydrogens (tertiary/aromatic N) is 1. The van der Waals surface area contributed by atoms with Gasteiger partial charge >= 0.3 is 0 Å². The molecule has 0 bridgehead atoms. The van der Waals surface area contributed by atoms with Gasteiger partial charge in [-0.25, -0.2) is 0 Å². The van der Waals surface area contributed by atoms with Crippen LogP contribution in [-0.2, 0) is 4.79 Å². The van der Waals surface area contributed by atoms with Gasteiger partial charge in [-0.2, -0.15) is 11.8 Å². The number of carbonyl (C=O) groups excluding carboxylic acids is 1. The van der Waals surface area contributed by atoms with Gasteiger partial charge in [0.1, 0.15) is 5.78 Å². The predicted octanol–water partition coefficient (Wildman–Crippen LogP) is 2.00. The summed E-state index contributed by atoms with van der Waals surface area (Å²) in [5.74, 6) is 3.07. The fraction of sp³-hybridized carbons (Fsp3) is 0.833. The van der Waals surface area contributed by atoms with Crippen LogP contribution in [0.1, 0.15) is 39.0 Å². The van der Waals surface area contributed by atoms with Gasteiger partial charge in [-0.3, -0.25) is 4.99 Å². The van der Waals surface area contributed by atoms with Crippen LogP contribution in [-0.4, -0.2) is 28.7 Å². The van der Waals surface area contributed by atoms with Crippen molar-refractivity contribution in [3.05, 3.63) is 0 Å². The first-order valence-electron chi connectivity index (χ1n) is 6.10. The van der Waals surface area contributed by atoms with Crippen LogP contribution in [0.2, 0.25) is 0 Å². The van der Waals surface area contributed by atoms with Gasteiger partial charge in [0.05, 0.1) is 11.9 Å². The van der Waals surface area contributed by atoms with E-state index in [9.17, 15) is 4.79 Å². The molecule has 1 fully saturated rings. The first-order chi connectivity index (χ1) is 7.66. The van der Waals surface area contributed by atoms with Crippen LogP contribution in [0.15, 0.2) is 4.99 Å². The normalized spacial score (nSPS) is 32.6. The zero-order chi connectivity index (χ0) is 11.5. The molecule has 2 aliphatic heterocycles. The highest BCUT2D eigenvalue weighted by atomic mass is 32.2. The van der Waals surface area contributed by atoms with E-state index >= 15 is 0 Å². The number of carbonyl (C=O) groups is 1. The van der Waals surface area contributed by atoms with Crippen molar-refractivity contribution in [3.8, 4) is 0 Å². The third kappa shape index (κ3) is 2.78.